The van der Waals surface area contributed by atoms with Crippen LogP contribution in [0.1, 0.15) is 80.0 Å². The Labute approximate surface area is 189 Å². The van der Waals surface area contributed by atoms with Crippen LogP contribution in [0.4, 0.5) is 23.2 Å². The lowest BCUT2D eigenvalue weighted by atomic mass is 9.72. The first-order chi connectivity index (χ1) is 15.7. The van der Waals surface area contributed by atoms with Gasteiger partial charge in [-0.2, -0.15) is 13.2 Å². The van der Waals surface area contributed by atoms with Crippen molar-refractivity contribution >= 4 is 11.6 Å². The smallest absolute Gasteiger partial charge is 0.389 e. The fourth-order valence-corrected chi connectivity index (χ4v) is 4.67. The monoisotopic (exact) mass is 468 g/mol. The summed E-state index contributed by atoms with van der Waals surface area (Å²) in [7, 11) is 0. The van der Waals surface area contributed by atoms with Crippen molar-refractivity contribution in [1.82, 2.24) is 14.8 Å². The highest BCUT2D eigenvalue weighted by Crippen LogP contribution is 2.49. The Kier molecular flexibility index (Phi) is 6.74. The number of carbonyl (C=O) groups is 1. The van der Waals surface area contributed by atoms with Gasteiger partial charge < -0.3 is 15.0 Å². The van der Waals surface area contributed by atoms with Gasteiger partial charge in [-0.25, -0.2) is 4.39 Å². The van der Waals surface area contributed by atoms with Crippen molar-refractivity contribution in [3.63, 3.8) is 0 Å². The molecule has 2 aliphatic rings. The molecule has 1 atom stereocenters. The summed E-state index contributed by atoms with van der Waals surface area (Å²) in [5, 5.41) is 21.0. The van der Waals surface area contributed by atoms with Crippen molar-refractivity contribution in [2.24, 2.45) is 5.92 Å². The summed E-state index contributed by atoms with van der Waals surface area (Å²) in [5.74, 6) is -0.335. The number of carbonyl (C=O) groups excluding carboxylic acids is 1. The Hall–Kier alpha value is -2.49. The van der Waals surface area contributed by atoms with Crippen molar-refractivity contribution in [3.8, 4) is 0 Å². The van der Waals surface area contributed by atoms with Crippen LogP contribution in [0.3, 0.4) is 0 Å². The molecule has 0 aliphatic heterocycles. The average molecular weight is 468 g/mol. The molecule has 2 N–H and O–H groups in total. The van der Waals surface area contributed by atoms with E-state index in [1.165, 1.54) is 12.1 Å². The molecule has 2 aliphatic carbocycles. The van der Waals surface area contributed by atoms with Crippen LogP contribution in [-0.4, -0.2) is 38.6 Å². The largest absolute Gasteiger partial charge is 0.396 e. The maximum absolute atomic E-state index is 13.8. The van der Waals surface area contributed by atoms with E-state index in [0.717, 1.165) is 12.8 Å². The summed E-state index contributed by atoms with van der Waals surface area (Å²) in [5.41, 5.74) is 0.726. The molecular formula is C23H28F4N4O2. The molecule has 10 heteroatoms. The zero-order valence-corrected chi connectivity index (χ0v) is 18.4. The van der Waals surface area contributed by atoms with Crippen molar-refractivity contribution in [2.45, 2.75) is 75.9 Å². The molecule has 1 heterocycles. The van der Waals surface area contributed by atoms with Crippen LogP contribution in [0, 0.1) is 18.7 Å². The Bertz CT molecular complexity index is 997. The third-order valence-electron chi connectivity index (χ3n) is 6.60. The molecule has 1 amide bonds. The normalized spacial score (nSPS) is 21.5. The molecule has 1 aromatic heterocycles. The number of hydrogen-bond donors (Lipinski definition) is 2. The van der Waals surface area contributed by atoms with Crippen LogP contribution >= 0.6 is 0 Å². The molecule has 0 radical (unpaired) electrons. The predicted molar refractivity (Wildman–Crippen MR) is 113 cm³/mol. The van der Waals surface area contributed by atoms with Crippen molar-refractivity contribution < 1.29 is 27.5 Å². The zero-order chi connectivity index (χ0) is 23.8. The van der Waals surface area contributed by atoms with Gasteiger partial charge in [0.1, 0.15) is 17.5 Å². The topological polar surface area (TPSA) is 80.0 Å². The molecule has 2 fully saturated rings. The SMILES string of the molecule is Cc1c(F)cccc1NC(=O)C[C@H](CCO)c1nnc(C2CC(CC(F)(F)F)C2)n1C1CC1. The van der Waals surface area contributed by atoms with E-state index in [1.54, 1.807) is 13.0 Å². The van der Waals surface area contributed by atoms with Gasteiger partial charge in [-0.05, 0) is 57.1 Å². The van der Waals surface area contributed by atoms with E-state index in [-0.39, 0.29) is 30.9 Å². The molecule has 1 aromatic carbocycles. The van der Waals surface area contributed by atoms with E-state index in [4.69, 9.17) is 0 Å². The molecule has 2 aromatic rings. The number of aliphatic hydroxyl groups is 1. The van der Waals surface area contributed by atoms with E-state index in [1.807, 2.05) is 4.57 Å². The number of anilines is 1. The summed E-state index contributed by atoms with van der Waals surface area (Å²) >= 11 is 0. The van der Waals surface area contributed by atoms with Crippen LogP contribution in [0.5, 0.6) is 0 Å². The van der Waals surface area contributed by atoms with Gasteiger partial charge in [0.05, 0.1) is 0 Å². The van der Waals surface area contributed by atoms with Crippen molar-refractivity contribution in [2.75, 3.05) is 11.9 Å². The minimum atomic E-state index is -4.16. The maximum atomic E-state index is 13.8. The van der Waals surface area contributed by atoms with Gasteiger partial charge >= 0.3 is 6.18 Å². The first-order valence-electron chi connectivity index (χ1n) is 11.3. The van der Waals surface area contributed by atoms with E-state index in [0.29, 0.717) is 42.2 Å². The lowest BCUT2D eigenvalue weighted by Crippen LogP contribution is -2.29. The van der Waals surface area contributed by atoms with Gasteiger partial charge in [-0.3, -0.25) is 4.79 Å². The van der Waals surface area contributed by atoms with Crippen molar-refractivity contribution in [3.05, 3.63) is 41.2 Å². The number of nitrogens with one attached hydrogen (secondary N) is 1. The number of aromatic nitrogens is 3. The first-order valence-corrected chi connectivity index (χ1v) is 11.3. The number of aliphatic hydroxyl groups excluding tert-OH is 1. The second-order valence-electron chi connectivity index (χ2n) is 9.25. The number of benzene rings is 1. The third kappa shape index (κ3) is 5.54. The summed E-state index contributed by atoms with van der Waals surface area (Å²) in [6.07, 6.45) is -1.91. The van der Waals surface area contributed by atoms with E-state index in [2.05, 4.69) is 15.5 Å². The number of nitrogens with zero attached hydrogens (tertiary/aromatic N) is 3. The Morgan fingerprint density at radius 3 is 2.64 bits per heavy atom. The molecule has 6 nitrogen and oxygen atoms in total. The second kappa shape index (κ2) is 9.40. The number of rotatable bonds is 9. The number of halogens is 4. The number of hydrogen-bond acceptors (Lipinski definition) is 4. The van der Waals surface area contributed by atoms with Gasteiger partial charge in [0.2, 0.25) is 5.91 Å². The minimum absolute atomic E-state index is 0.0305. The van der Waals surface area contributed by atoms with E-state index < -0.39 is 30.3 Å². The molecular weight excluding hydrogens is 440 g/mol. The van der Waals surface area contributed by atoms with Crippen LogP contribution in [0.15, 0.2) is 18.2 Å². The molecule has 4 rings (SSSR count). The molecule has 0 bridgehead atoms. The zero-order valence-electron chi connectivity index (χ0n) is 18.4. The summed E-state index contributed by atoms with van der Waals surface area (Å²) in [4.78, 5) is 12.7. The summed E-state index contributed by atoms with van der Waals surface area (Å²) in [6, 6.07) is 4.64. The maximum Gasteiger partial charge on any atom is 0.389 e. The standard InChI is InChI=1S/C23H28F4N4O2/c1-13-18(24)3-2-4-19(13)28-20(33)11-15(7-8-32)21-29-30-22(31(21)17-5-6-17)16-9-14(10-16)12-23(25,26)27/h2-4,14-17,32H,5-12H2,1H3,(H,28,33)/t14?,15-,16?/m0/s1. The van der Waals surface area contributed by atoms with Gasteiger partial charge in [0.15, 0.2) is 0 Å². The van der Waals surface area contributed by atoms with Crippen LogP contribution in [0.25, 0.3) is 0 Å². The third-order valence-corrected chi connectivity index (χ3v) is 6.60. The molecule has 2 saturated carbocycles. The van der Waals surface area contributed by atoms with E-state index in [9.17, 15) is 27.5 Å². The number of alkyl halides is 3. The average Bonchev–Trinajstić information content (AvgIpc) is 3.45. The Morgan fingerprint density at radius 1 is 1.27 bits per heavy atom. The van der Waals surface area contributed by atoms with E-state index >= 15 is 0 Å². The summed E-state index contributed by atoms with van der Waals surface area (Å²) < 4.78 is 53.8. The lowest BCUT2D eigenvalue weighted by molar-refractivity contribution is -0.151. The van der Waals surface area contributed by atoms with Gasteiger partial charge in [-0.15, -0.1) is 10.2 Å². The van der Waals surface area contributed by atoms with Crippen LogP contribution in [-0.2, 0) is 4.79 Å². The van der Waals surface area contributed by atoms with Crippen LogP contribution in [0.2, 0.25) is 0 Å². The molecule has 0 spiro atoms. The number of amides is 1. The minimum Gasteiger partial charge on any atom is -0.396 e. The second-order valence-corrected chi connectivity index (χ2v) is 9.25. The highest BCUT2D eigenvalue weighted by Gasteiger charge is 2.43. The van der Waals surface area contributed by atoms with Crippen molar-refractivity contribution in [1.29, 1.82) is 0 Å². The van der Waals surface area contributed by atoms with Gasteiger partial charge in [-0.1, -0.05) is 6.07 Å². The lowest BCUT2D eigenvalue weighted by Gasteiger charge is -2.35. The summed E-state index contributed by atoms with van der Waals surface area (Å²) in [6.45, 7) is 1.43. The molecule has 0 unspecified atom stereocenters. The Balaban J connectivity index is 1.49. The highest BCUT2D eigenvalue weighted by molar-refractivity contribution is 5.91. The fraction of sp³-hybridized carbons (Fsp3) is 0.609. The fourth-order valence-electron chi connectivity index (χ4n) is 4.67. The van der Waals surface area contributed by atoms with Gasteiger partial charge in [0, 0.05) is 48.6 Å². The highest BCUT2D eigenvalue weighted by atomic mass is 19.4. The van der Waals surface area contributed by atoms with Crippen LogP contribution < -0.4 is 5.32 Å². The molecule has 33 heavy (non-hydrogen) atoms. The quantitative estimate of drug-likeness (QED) is 0.508. The molecule has 0 saturated heterocycles. The molecule has 180 valence electrons. The Morgan fingerprint density at radius 2 is 2.00 bits per heavy atom. The van der Waals surface area contributed by atoms with Gasteiger partial charge in [0.25, 0.3) is 0 Å². The predicted octanol–water partition coefficient (Wildman–Crippen LogP) is 5.00. The first kappa shape index (κ1) is 23.7.